The maximum absolute atomic E-state index is 12.8. The first kappa shape index (κ1) is 19.2. The predicted octanol–water partition coefficient (Wildman–Crippen LogP) is 1.71. The molecule has 0 heterocycles. The number of guanidine groups is 2. The number of hydrogen-bond donors (Lipinski definition) is 4. The van der Waals surface area contributed by atoms with Crippen LogP contribution in [0.15, 0.2) is 53.6 Å². The standard InChI is InChI=1S/C17H21FN6O2/c1-12-2-4-14(5-3-12)11-26-24(16(19)20)22-17(21)23-25-10-13-6-8-15(18)9-7-13/h2-9H,10-11H2,1H3,(H3,19,20)(H3,21,22,23). The van der Waals surface area contributed by atoms with Gasteiger partial charge in [-0.25, -0.2) is 14.7 Å². The van der Waals surface area contributed by atoms with Gasteiger partial charge in [0.1, 0.15) is 12.4 Å². The molecule has 0 saturated heterocycles. The molecule has 0 aliphatic carbocycles. The molecule has 8 nitrogen and oxygen atoms in total. The van der Waals surface area contributed by atoms with Gasteiger partial charge in [-0.15, -0.1) is 5.10 Å². The molecule has 0 aliphatic rings. The first-order valence-corrected chi connectivity index (χ1v) is 7.73. The Morgan fingerprint density at radius 2 is 1.65 bits per heavy atom. The lowest BCUT2D eigenvalue weighted by atomic mass is 10.2. The summed E-state index contributed by atoms with van der Waals surface area (Å²) in [4.78, 5) is 10.5. The number of nitrogens with one attached hydrogen (secondary N) is 2. The maximum atomic E-state index is 12.8. The Morgan fingerprint density at radius 3 is 2.27 bits per heavy atom. The van der Waals surface area contributed by atoms with Crippen molar-refractivity contribution >= 4 is 11.9 Å². The van der Waals surface area contributed by atoms with Gasteiger partial charge in [-0.2, -0.15) is 0 Å². The number of benzene rings is 2. The molecule has 9 heteroatoms. The fraction of sp³-hybridized carbons (Fsp3) is 0.176. The third-order valence-electron chi connectivity index (χ3n) is 3.21. The summed E-state index contributed by atoms with van der Waals surface area (Å²) < 4.78 is 12.8. The Labute approximate surface area is 150 Å². The van der Waals surface area contributed by atoms with Crippen LogP contribution in [0.2, 0.25) is 0 Å². The van der Waals surface area contributed by atoms with Crippen molar-refractivity contribution in [3.8, 4) is 0 Å². The average molecular weight is 360 g/mol. The summed E-state index contributed by atoms with van der Waals surface area (Å²) >= 11 is 0. The lowest BCUT2D eigenvalue weighted by Gasteiger charge is -2.17. The molecule has 0 radical (unpaired) electrons. The van der Waals surface area contributed by atoms with Crippen molar-refractivity contribution in [1.82, 2.24) is 10.7 Å². The molecule has 0 fully saturated rings. The minimum atomic E-state index is -0.444. The van der Waals surface area contributed by atoms with E-state index in [1.807, 2.05) is 31.2 Å². The Kier molecular flexibility index (Phi) is 6.89. The summed E-state index contributed by atoms with van der Waals surface area (Å²) in [5.74, 6) is -0.933. The quantitative estimate of drug-likeness (QED) is 0.339. The van der Waals surface area contributed by atoms with Crippen molar-refractivity contribution in [2.45, 2.75) is 20.1 Å². The molecule has 6 N–H and O–H groups in total. The zero-order valence-corrected chi connectivity index (χ0v) is 14.3. The molecule has 0 aliphatic heterocycles. The molecule has 0 aromatic heterocycles. The molecule has 2 aromatic rings. The Morgan fingerprint density at radius 1 is 1.08 bits per heavy atom. The van der Waals surface area contributed by atoms with E-state index in [4.69, 9.17) is 26.6 Å². The maximum Gasteiger partial charge on any atom is 0.238 e. The van der Waals surface area contributed by atoms with Gasteiger partial charge in [0.15, 0.2) is 0 Å². The SMILES string of the molecule is Cc1ccc(CON(N=C(N)NOCc2ccc(F)cc2)C(=N)N)cc1. The molecule has 0 unspecified atom stereocenters. The molecule has 2 rings (SSSR count). The topological polar surface area (TPSA) is 122 Å². The Hall–Kier alpha value is -3.17. The number of aryl methyl sites for hydroxylation is 1. The van der Waals surface area contributed by atoms with Crippen LogP contribution in [-0.2, 0) is 22.9 Å². The van der Waals surface area contributed by atoms with Gasteiger partial charge in [0.25, 0.3) is 0 Å². The first-order chi connectivity index (χ1) is 12.4. The lowest BCUT2D eigenvalue weighted by molar-refractivity contribution is -0.113. The number of nitrogens with two attached hydrogens (primary N) is 2. The van der Waals surface area contributed by atoms with E-state index < -0.39 is 5.96 Å². The van der Waals surface area contributed by atoms with Crippen molar-refractivity contribution in [1.29, 1.82) is 5.41 Å². The minimum absolute atomic E-state index is 0.140. The van der Waals surface area contributed by atoms with Gasteiger partial charge >= 0.3 is 0 Å². The number of hydrazone groups is 1. The van der Waals surface area contributed by atoms with Crippen molar-refractivity contribution in [2.75, 3.05) is 0 Å². The smallest absolute Gasteiger partial charge is 0.238 e. The van der Waals surface area contributed by atoms with Crippen LogP contribution in [0.5, 0.6) is 0 Å². The fourth-order valence-corrected chi connectivity index (χ4v) is 1.86. The third kappa shape index (κ3) is 6.38. The lowest BCUT2D eigenvalue weighted by Crippen LogP contribution is -2.39. The van der Waals surface area contributed by atoms with Crippen LogP contribution in [0.4, 0.5) is 4.39 Å². The van der Waals surface area contributed by atoms with Crippen LogP contribution in [0, 0.1) is 18.2 Å². The highest BCUT2D eigenvalue weighted by molar-refractivity contribution is 5.80. The van der Waals surface area contributed by atoms with E-state index in [1.165, 1.54) is 12.1 Å². The second kappa shape index (κ2) is 9.35. The highest BCUT2D eigenvalue weighted by Gasteiger charge is 2.08. The highest BCUT2D eigenvalue weighted by Crippen LogP contribution is 2.06. The summed E-state index contributed by atoms with van der Waals surface area (Å²) in [6.07, 6.45) is 0. The molecule has 138 valence electrons. The number of hydrogen-bond acceptors (Lipinski definition) is 4. The molecule has 0 spiro atoms. The van der Waals surface area contributed by atoms with Gasteiger partial charge in [0.05, 0.1) is 6.61 Å². The summed E-state index contributed by atoms with van der Waals surface area (Å²) in [7, 11) is 0. The molecule has 0 atom stereocenters. The number of nitrogens with zero attached hydrogens (tertiary/aromatic N) is 2. The summed E-state index contributed by atoms with van der Waals surface area (Å²) in [6.45, 7) is 2.28. The average Bonchev–Trinajstić information content (AvgIpc) is 2.61. The number of rotatable bonds is 7. The van der Waals surface area contributed by atoms with Crippen LogP contribution in [0.25, 0.3) is 0 Å². The van der Waals surface area contributed by atoms with Crippen molar-refractivity contribution < 1.29 is 14.1 Å². The van der Waals surface area contributed by atoms with E-state index in [-0.39, 0.29) is 25.0 Å². The monoisotopic (exact) mass is 360 g/mol. The van der Waals surface area contributed by atoms with E-state index in [0.717, 1.165) is 21.9 Å². The Bertz CT molecular complexity index is 749. The van der Waals surface area contributed by atoms with E-state index in [0.29, 0.717) is 0 Å². The predicted molar refractivity (Wildman–Crippen MR) is 95.7 cm³/mol. The first-order valence-electron chi connectivity index (χ1n) is 7.73. The van der Waals surface area contributed by atoms with Crippen molar-refractivity contribution in [3.63, 3.8) is 0 Å². The number of hydroxylamine groups is 2. The molecule has 0 bridgehead atoms. The van der Waals surface area contributed by atoms with Crippen LogP contribution in [0.1, 0.15) is 16.7 Å². The van der Waals surface area contributed by atoms with E-state index >= 15 is 0 Å². The third-order valence-corrected chi connectivity index (χ3v) is 3.21. The molecule has 0 saturated carbocycles. The molecular weight excluding hydrogens is 339 g/mol. The van der Waals surface area contributed by atoms with E-state index in [1.54, 1.807) is 12.1 Å². The second-order valence-corrected chi connectivity index (χ2v) is 5.42. The van der Waals surface area contributed by atoms with Gasteiger partial charge in [-0.3, -0.25) is 10.2 Å². The van der Waals surface area contributed by atoms with Gasteiger partial charge in [0, 0.05) is 0 Å². The fourth-order valence-electron chi connectivity index (χ4n) is 1.86. The van der Waals surface area contributed by atoms with Crippen LogP contribution in [-0.4, -0.2) is 17.1 Å². The van der Waals surface area contributed by atoms with Crippen molar-refractivity contribution in [3.05, 3.63) is 71.0 Å². The Balaban J connectivity index is 1.84. The van der Waals surface area contributed by atoms with Crippen LogP contribution in [0.3, 0.4) is 0 Å². The minimum Gasteiger partial charge on any atom is -0.367 e. The van der Waals surface area contributed by atoms with E-state index in [9.17, 15) is 4.39 Å². The van der Waals surface area contributed by atoms with Crippen LogP contribution >= 0.6 is 0 Å². The summed E-state index contributed by atoms with van der Waals surface area (Å²) in [5, 5.41) is 12.1. The van der Waals surface area contributed by atoms with Gasteiger partial charge < -0.3 is 11.5 Å². The van der Waals surface area contributed by atoms with Gasteiger partial charge in [0.2, 0.25) is 11.9 Å². The summed E-state index contributed by atoms with van der Waals surface area (Å²) in [6, 6.07) is 13.5. The number of halogens is 1. The zero-order chi connectivity index (χ0) is 18.9. The molecule has 2 aromatic carbocycles. The molecular formula is C17H21FN6O2. The van der Waals surface area contributed by atoms with Gasteiger partial charge in [-0.05, 0) is 30.2 Å². The zero-order valence-electron chi connectivity index (χ0n) is 14.3. The second-order valence-electron chi connectivity index (χ2n) is 5.42. The van der Waals surface area contributed by atoms with Crippen LogP contribution < -0.4 is 16.9 Å². The molecule has 26 heavy (non-hydrogen) atoms. The van der Waals surface area contributed by atoms with Crippen molar-refractivity contribution in [2.24, 2.45) is 16.6 Å². The highest BCUT2D eigenvalue weighted by atomic mass is 19.1. The van der Waals surface area contributed by atoms with E-state index in [2.05, 4.69) is 10.6 Å². The summed E-state index contributed by atoms with van der Waals surface area (Å²) in [5.41, 5.74) is 16.2. The largest absolute Gasteiger partial charge is 0.367 e. The normalized spacial score (nSPS) is 11.2. The molecule has 0 amide bonds. The van der Waals surface area contributed by atoms with Gasteiger partial charge in [-0.1, -0.05) is 47.1 Å².